The fourth-order valence-electron chi connectivity index (χ4n) is 4.66. The van der Waals surface area contributed by atoms with Gasteiger partial charge in [-0.25, -0.2) is 0 Å². The molecule has 0 unspecified atom stereocenters. The third-order valence-corrected chi connectivity index (χ3v) is 8.83. The van der Waals surface area contributed by atoms with Crippen molar-refractivity contribution in [2.45, 2.75) is 30.6 Å². The van der Waals surface area contributed by atoms with Crippen LogP contribution in [-0.4, -0.2) is 59.9 Å². The number of carbonyl (C=O) groups excluding carboxylic acids is 2. The van der Waals surface area contributed by atoms with Crippen LogP contribution in [0.25, 0.3) is 0 Å². The van der Waals surface area contributed by atoms with Crippen LogP contribution >= 0.6 is 23.5 Å². The van der Waals surface area contributed by atoms with Crippen molar-refractivity contribution in [1.29, 1.82) is 0 Å². The summed E-state index contributed by atoms with van der Waals surface area (Å²) < 4.78 is 5.30. The van der Waals surface area contributed by atoms with E-state index in [-0.39, 0.29) is 17.0 Å². The predicted octanol–water partition coefficient (Wildman–Crippen LogP) is 7.60. The van der Waals surface area contributed by atoms with E-state index in [0.29, 0.717) is 17.8 Å². The molecule has 47 heavy (non-hydrogen) atoms. The van der Waals surface area contributed by atoms with Crippen LogP contribution in [-0.2, 0) is 0 Å². The molecule has 0 atom stereocenters. The summed E-state index contributed by atoms with van der Waals surface area (Å²) >= 11 is 3.06. The first-order valence-electron chi connectivity index (χ1n) is 14.2. The number of methoxy groups -OCH3 is 1. The number of aryl methyl sites for hydroxylation is 1. The molecule has 246 valence electrons. The molecule has 1 aromatic heterocycles. The van der Waals surface area contributed by atoms with Crippen molar-refractivity contribution in [3.8, 4) is 5.75 Å². The summed E-state index contributed by atoms with van der Waals surface area (Å²) in [4.78, 5) is 55.6. The van der Waals surface area contributed by atoms with Crippen molar-refractivity contribution in [3.63, 3.8) is 0 Å². The number of amides is 2. The van der Waals surface area contributed by atoms with Crippen LogP contribution in [0.15, 0.2) is 82.8 Å². The number of anilines is 2. The largest absolute Gasteiger partial charge is 0.497 e. The van der Waals surface area contributed by atoms with Crippen molar-refractivity contribution in [3.05, 3.63) is 116 Å². The molecule has 12 nitrogen and oxygen atoms in total. The van der Waals surface area contributed by atoms with E-state index in [1.54, 1.807) is 48.3 Å². The fourth-order valence-corrected chi connectivity index (χ4v) is 5.87. The summed E-state index contributed by atoms with van der Waals surface area (Å²) in [5.41, 5.74) is 2.10. The zero-order chi connectivity index (χ0) is 34.8. The number of benzene rings is 3. The second kappa shape index (κ2) is 16.6. The number of ether oxygens (including phenoxy) is 1. The second-order valence-corrected chi connectivity index (χ2v) is 11.7. The molecule has 4 aromatic rings. The molecule has 2 amide bonds. The minimum atomic E-state index is -0.751. The number of aromatic nitrogens is 1. The van der Waals surface area contributed by atoms with Crippen molar-refractivity contribution >= 4 is 58.1 Å². The van der Waals surface area contributed by atoms with E-state index in [2.05, 4.69) is 4.98 Å². The van der Waals surface area contributed by atoms with Crippen LogP contribution in [0, 0.1) is 34.1 Å². The van der Waals surface area contributed by atoms with Gasteiger partial charge in [0.1, 0.15) is 5.75 Å². The van der Waals surface area contributed by atoms with Gasteiger partial charge in [-0.05, 0) is 69.2 Å². The Morgan fingerprint density at radius 2 is 1.53 bits per heavy atom. The van der Waals surface area contributed by atoms with Crippen LogP contribution < -0.4 is 14.5 Å². The molecule has 0 N–H and O–H groups in total. The van der Waals surface area contributed by atoms with Crippen LogP contribution in [0.1, 0.15) is 38.8 Å². The van der Waals surface area contributed by atoms with E-state index in [9.17, 15) is 29.8 Å². The molecule has 3 aromatic carbocycles. The number of carbonyl (C=O) groups is 2. The van der Waals surface area contributed by atoms with E-state index in [1.165, 1.54) is 30.6 Å². The molecule has 0 fully saturated rings. The molecule has 0 saturated carbocycles. The fraction of sp³-hybridized carbons (Fsp3) is 0.242. The Balaban J connectivity index is 0.000000257. The summed E-state index contributed by atoms with van der Waals surface area (Å²) in [5.74, 6) is 0.143. The van der Waals surface area contributed by atoms with E-state index in [1.807, 2.05) is 62.8 Å². The zero-order valence-corrected chi connectivity index (χ0v) is 28.7. The molecular weight excluding hydrogens is 643 g/mol. The molecule has 0 spiro atoms. The molecule has 1 heterocycles. The molecule has 0 aliphatic rings. The van der Waals surface area contributed by atoms with E-state index >= 15 is 0 Å². The van der Waals surface area contributed by atoms with Gasteiger partial charge in [-0.3, -0.25) is 34.8 Å². The van der Waals surface area contributed by atoms with Gasteiger partial charge in [0.05, 0.1) is 45.5 Å². The van der Waals surface area contributed by atoms with Gasteiger partial charge in [0, 0.05) is 53.5 Å². The molecular formula is C33H35N5O7S2. The molecule has 4 rings (SSSR count). The lowest BCUT2D eigenvalue weighted by Gasteiger charge is -2.24. The smallest absolute Gasteiger partial charge is 0.279 e. The predicted molar refractivity (Wildman–Crippen MR) is 187 cm³/mol. The number of pyridine rings is 1. The monoisotopic (exact) mass is 677 g/mol. The Kier molecular flexibility index (Phi) is 12.9. The van der Waals surface area contributed by atoms with Gasteiger partial charge in [-0.2, -0.15) is 0 Å². The quantitative estimate of drug-likeness (QED) is 0.0933. The Morgan fingerprint density at radius 1 is 0.872 bits per heavy atom. The lowest BCUT2D eigenvalue weighted by atomic mass is 10.0. The van der Waals surface area contributed by atoms with Gasteiger partial charge in [-0.1, -0.05) is 12.1 Å². The highest BCUT2D eigenvalue weighted by atomic mass is 32.2. The van der Waals surface area contributed by atoms with Gasteiger partial charge in [0.25, 0.3) is 23.2 Å². The van der Waals surface area contributed by atoms with Crippen molar-refractivity contribution in [2.75, 3.05) is 43.0 Å². The van der Waals surface area contributed by atoms with Gasteiger partial charge in [0.15, 0.2) is 0 Å². The average molecular weight is 678 g/mol. The standard InChI is InChI=1S/C17H20N2O2S.C16H15N3O5S/c1-5-19(17(20)14-11-18-9-8-12(14)2)15-10-13(21-3)6-7-16(15)22-4;1-10-12(8-11(18(21)22)9-14(10)19(23)24)16(20)17(2)13-6-4-5-7-15(13)25-3/h6-11H,5H2,1-4H3;4-9H,1-3H3. The number of hydrogen-bond acceptors (Lipinski definition) is 10. The van der Waals surface area contributed by atoms with Crippen molar-refractivity contribution < 1.29 is 24.2 Å². The number of nitro groups is 2. The van der Waals surface area contributed by atoms with Crippen LogP contribution in [0.3, 0.4) is 0 Å². The highest BCUT2D eigenvalue weighted by Gasteiger charge is 2.27. The van der Waals surface area contributed by atoms with Gasteiger partial charge >= 0.3 is 0 Å². The number of rotatable bonds is 10. The topological polar surface area (TPSA) is 149 Å². The molecule has 0 bridgehead atoms. The van der Waals surface area contributed by atoms with Gasteiger partial charge in [0.2, 0.25) is 0 Å². The maximum absolute atomic E-state index is 12.9. The zero-order valence-electron chi connectivity index (χ0n) is 27.0. The number of non-ortho nitro benzene ring substituents is 1. The Labute approximate surface area is 281 Å². The molecule has 0 aliphatic heterocycles. The third kappa shape index (κ3) is 8.45. The SMILES string of the molecule is CCN(C(=O)c1cnccc1C)c1cc(OC)ccc1SC.CSc1ccccc1N(C)C(=O)c1cc([N+](=O)[O-])cc([N+](=O)[O-])c1C. The Hall–Kier alpha value is -4.95. The van der Waals surface area contributed by atoms with E-state index in [0.717, 1.165) is 38.9 Å². The third-order valence-electron chi connectivity index (χ3n) is 7.26. The number of nitro benzene ring substituents is 2. The van der Waals surface area contributed by atoms with Crippen molar-refractivity contribution in [1.82, 2.24) is 4.98 Å². The Bertz CT molecular complexity index is 1800. The maximum atomic E-state index is 12.9. The summed E-state index contributed by atoms with van der Waals surface area (Å²) in [7, 11) is 3.16. The first-order valence-corrected chi connectivity index (χ1v) is 16.6. The minimum Gasteiger partial charge on any atom is -0.497 e. The summed E-state index contributed by atoms with van der Waals surface area (Å²) in [5, 5.41) is 22.2. The summed E-state index contributed by atoms with van der Waals surface area (Å²) in [6.45, 7) is 5.87. The highest BCUT2D eigenvalue weighted by molar-refractivity contribution is 7.99. The lowest BCUT2D eigenvalue weighted by molar-refractivity contribution is -0.394. The van der Waals surface area contributed by atoms with E-state index in [4.69, 9.17) is 4.74 Å². The Morgan fingerprint density at radius 3 is 2.11 bits per heavy atom. The molecule has 14 heteroatoms. The first-order chi connectivity index (χ1) is 22.4. The van der Waals surface area contributed by atoms with Crippen LogP contribution in [0.2, 0.25) is 0 Å². The minimum absolute atomic E-state index is 0.0448. The number of thioether (sulfide) groups is 2. The average Bonchev–Trinajstić information content (AvgIpc) is 3.08. The maximum Gasteiger partial charge on any atom is 0.279 e. The number of nitrogens with zero attached hydrogens (tertiary/aromatic N) is 5. The van der Waals surface area contributed by atoms with Crippen LogP contribution in [0.5, 0.6) is 5.75 Å². The van der Waals surface area contributed by atoms with Gasteiger partial charge in [-0.15, -0.1) is 23.5 Å². The van der Waals surface area contributed by atoms with Crippen molar-refractivity contribution in [2.24, 2.45) is 0 Å². The number of hydrogen-bond donors (Lipinski definition) is 0. The molecule has 0 saturated heterocycles. The number of para-hydroxylation sites is 1. The molecule has 0 radical (unpaired) electrons. The summed E-state index contributed by atoms with van der Waals surface area (Å²) in [6, 6.07) is 16.7. The van der Waals surface area contributed by atoms with Gasteiger partial charge < -0.3 is 14.5 Å². The molecule has 0 aliphatic carbocycles. The van der Waals surface area contributed by atoms with E-state index < -0.39 is 27.1 Å². The normalized spacial score (nSPS) is 10.4. The second-order valence-electron chi connectivity index (χ2n) is 9.97. The van der Waals surface area contributed by atoms with Crippen LogP contribution in [0.4, 0.5) is 22.7 Å². The summed E-state index contributed by atoms with van der Waals surface area (Å²) in [6.07, 6.45) is 7.18. The lowest BCUT2D eigenvalue weighted by Crippen LogP contribution is -2.31. The highest BCUT2D eigenvalue weighted by Crippen LogP contribution is 2.34. The first kappa shape index (κ1) is 36.5.